The third-order valence-corrected chi connectivity index (χ3v) is 7.39. The fourth-order valence-electron chi connectivity index (χ4n) is 5.32. The van der Waals surface area contributed by atoms with E-state index in [4.69, 9.17) is 0 Å². The molecule has 174 valence electrons. The van der Waals surface area contributed by atoms with E-state index in [1.54, 1.807) is 17.3 Å². The number of aromatic nitrogens is 1. The molecule has 1 N–H and O–H groups in total. The van der Waals surface area contributed by atoms with E-state index in [2.05, 4.69) is 15.2 Å². The molecule has 33 heavy (non-hydrogen) atoms. The lowest BCUT2D eigenvalue weighted by Gasteiger charge is -2.46. The molecule has 3 fully saturated rings. The number of amides is 3. The van der Waals surface area contributed by atoms with Gasteiger partial charge in [-0.2, -0.15) is 0 Å². The predicted octanol–water partition coefficient (Wildman–Crippen LogP) is 4.26. The number of benzene rings is 1. The van der Waals surface area contributed by atoms with Gasteiger partial charge >= 0.3 is 6.03 Å². The Kier molecular flexibility index (Phi) is 5.83. The van der Waals surface area contributed by atoms with Crippen LogP contribution in [0.25, 0.3) is 0 Å². The maximum absolute atomic E-state index is 13.3. The summed E-state index contributed by atoms with van der Waals surface area (Å²) in [6.45, 7) is 6.11. The maximum Gasteiger partial charge on any atom is 0.332 e. The van der Waals surface area contributed by atoms with Gasteiger partial charge in [0.1, 0.15) is 5.54 Å². The van der Waals surface area contributed by atoms with Crippen LogP contribution >= 0.6 is 0 Å². The van der Waals surface area contributed by atoms with Crippen molar-refractivity contribution in [2.24, 2.45) is 0 Å². The zero-order valence-corrected chi connectivity index (χ0v) is 19.5. The van der Waals surface area contributed by atoms with Crippen molar-refractivity contribution in [3.8, 4) is 0 Å². The first-order valence-corrected chi connectivity index (χ1v) is 12.1. The van der Waals surface area contributed by atoms with Gasteiger partial charge in [-0.25, -0.2) is 9.69 Å². The van der Waals surface area contributed by atoms with E-state index in [0.717, 1.165) is 30.4 Å². The van der Waals surface area contributed by atoms with Gasteiger partial charge in [0.25, 0.3) is 5.91 Å². The first kappa shape index (κ1) is 21.9. The van der Waals surface area contributed by atoms with Crippen LogP contribution in [-0.2, 0) is 11.3 Å². The van der Waals surface area contributed by atoms with Gasteiger partial charge in [0.05, 0.1) is 11.7 Å². The van der Waals surface area contributed by atoms with Crippen molar-refractivity contribution in [2.45, 2.75) is 70.1 Å². The summed E-state index contributed by atoms with van der Waals surface area (Å²) in [5.41, 5.74) is 1.60. The van der Waals surface area contributed by atoms with Gasteiger partial charge in [-0.05, 0) is 62.6 Å². The Morgan fingerprint density at radius 3 is 2.48 bits per heavy atom. The maximum atomic E-state index is 13.3. The van der Waals surface area contributed by atoms with Crippen LogP contribution in [0.1, 0.15) is 51.5 Å². The summed E-state index contributed by atoms with van der Waals surface area (Å²) in [4.78, 5) is 36.2. The molecule has 0 spiro atoms. The number of rotatable bonds is 6. The van der Waals surface area contributed by atoms with Crippen LogP contribution in [0.3, 0.4) is 0 Å². The standard InChI is InChI=1S/C26H33N5O2/c1-26(2)24(32)31(25(33)30(26)16-19-11-13-27-14-12-19)23-10-6-7-20(15-23)28-21-17-29(18-21)22-8-4-3-5-9-22/h6-7,10-15,21-22,28H,3-5,8-9,16-18H2,1-2H3. The topological polar surface area (TPSA) is 68.8 Å². The Labute approximate surface area is 195 Å². The third-order valence-electron chi connectivity index (χ3n) is 7.39. The largest absolute Gasteiger partial charge is 0.380 e. The van der Waals surface area contributed by atoms with Crippen LogP contribution in [0.5, 0.6) is 0 Å². The highest BCUT2D eigenvalue weighted by molar-refractivity contribution is 6.23. The SMILES string of the molecule is CC1(C)C(=O)N(c2cccc(NC3CN(C4CCCCC4)C3)c2)C(=O)N1Cc1ccncc1. The lowest BCUT2D eigenvalue weighted by molar-refractivity contribution is -0.123. The van der Waals surface area contributed by atoms with Crippen LogP contribution in [0.4, 0.5) is 16.2 Å². The van der Waals surface area contributed by atoms with Gasteiger partial charge < -0.3 is 10.2 Å². The van der Waals surface area contributed by atoms with Gasteiger partial charge in [-0.15, -0.1) is 0 Å². The number of imide groups is 1. The van der Waals surface area contributed by atoms with E-state index in [-0.39, 0.29) is 11.9 Å². The summed E-state index contributed by atoms with van der Waals surface area (Å²) >= 11 is 0. The van der Waals surface area contributed by atoms with Crippen LogP contribution in [0.15, 0.2) is 48.8 Å². The highest BCUT2D eigenvalue weighted by atomic mass is 16.2. The van der Waals surface area contributed by atoms with E-state index in [1.807, 2.05) is 50.2 Å². The molecule has 1 aromatic carbocycles. The van der Waals surface area contributed by atoms with Crippen molar-refractivity contribution >= 4 is 23.3 Å². The lowest BCUT2D eigenvalue weighted by atomic mass is 9.91. The summed E-state index contributed by atoms with van der Waals surface area (Å²) in [6.07, 6.45) is 10.1. The first-order valence-electron chi connectivity index (χ1n) is 12.1. The van der Waals surface area contributed by atoms with E-state index < -0.39 is 5.54 Å². The number of urea groups is 1. The molecule has 2 aliphatic heterocycles. The number of pyridine rings is 1. The Hall–Kier alpha value is -2.93. The normalized spacial score (nSPS) is 22.0. The van der Waals surface area contributed by atoms with Gasteiger partial charge in [0.15, 0.2) is 0 Å². The Balaban J connectivity index is 1.27. The summed E-state index contributed by atoms with van der Waals surface area (Å²) in [5.74, 6) is -0.203. The summed E-state index contributed by atoms with van der Waals surface area (Å²) < 4.78 is 0. The van der Waals surface area contributed by atoms with E-state index in [0.29, 0.717) is 18.3 Å². The second-order valence-electron chi connectivity index (χ2n) is 10.1. The minimum atomic E-state index is -0.918. The molecule has 7 nitrogen and oxygen atoms in total. The van der Waals surface area contributed by atoms with E-state index in [9.17, 15) is 9.59 Å². The lowest BCUT2D eigenvalue weighted by Crippen LogP contribution is -2.58. The first-order chi connectivity index (χ1) is 15.9. The number of likely N-dealkylation sites (tertiary alicyclic amines) is 1. The molecule has 0 bridgehead atoms. The van der Waals surface area contributed by atoms with Crippen molar-refractivity contribution in [1.82, 2.24) is 14.8 Å². The molecule has 7 heteroatoms. The predicted molar refractivity (Wildman–Crippen MR) is 129 cm³/mol. The molecule has 5 rings (SSSR count). The molecule has 3 aliphatic rings. The number of hydrogen-bond donors (Lipinski definition) is 1. The van der Waals surface area contributed by atoms with Gasteiger partial charge in [0, 0.05) is 43.8 Å². The second kappa shape index (κ2) is 8.78. The molecule has 1 aliphatic carbocycles. The van der Waals surface area contributed by atoms with Crippen LogP contribution in [0.2, 0.25) is 0 Å². The Morgan fingerprint density at radius 2 is 1.76 bits per heavy atom. The highest BCUT2D eigenvalue weighted by Gasteiger charge is 2.51. The molecule has 1 aromatic heterocycles. The summed E-state index contributed by atoms with van der Waals surface area (Å²) in [7, 11) is 0. The number of hydrogen-bond acceptors (Lipinski definition) is 5. The fraction of sp³-hybridized carbons (Fsp3) is 0.500. The average Bonchev–Trinajstić information content (AvgIpc) is 2.97. The highest BCUT2D eigenvalue weighted by Crippen LogP contribution is 2.34. The quantitative estimate of drug-likeness (QED) is 0.670. The number of nitrogens with zero attached hydrogens (tertiary/aromatic N) is 4. The Morgan fingerprint density at radius 1 is 1.03 bits per heavy atom. The number of carbonyl (C=O) groups is 2. The zero-order valence-electron chi connectivity index (χ0n) is 19.5. The van der Waals surface area contributed by atoms with Crippen molar-refractivity contribution in [2.75, 3.05) is 23.3 Å². The number of carbonyl (C=O) groups excluding carboxylic acids is 2. The van der Waals surface area contributed by atoms with Crippen molar-refractivity contribution < 1.29 is 9.59 Å². The molecule has 1 saturated carbocycles. The van der Waals surface area contributed by atoms with Gasteiger partial charge in [-0.1, -0.05) is 25.3 Å². The molecule has 0 atom stereocenters. The summed E-state index contributed by atoms with van der Waals surface area (Å²) in [5, 5.41) is 3.60. The number of nitrogens with one attached hydrogen (secondary N) is 1. The average molecular weight is 448 g/mol. The van der Waals surface area contributed by atoms with E-state index >= 15 is 0 Å². The van der Waals surface area contributed by atoms with Crippen LogP contribution < -0.4 is 10.2 Å². The fourth-order valence-corrected chi connectivity index (χ4v) is 5.32. The van der Waals surface area contributed by atoms with Crippen molar-refractivity contribution in [3.05, 3.63) is 54.4 Å². The number of anilines is 2. The van der Waals surface area contributed by atoms with Crippen molar-refractivity contribution in [3.63, 3.8) is 0 Å². The molecular formula is C26H33N5O2. The van der Waals surface area contributed by atoms with Gasteiger partial charge in [-0.3, -0.25) is 14.7 Å². The smallest absolute Gasteiger partial charge is 0.332 e. The van der Waals surface area contributed by atoms with Crippen LogP contribution in [-0.4, -0.2) is 57.4 Å². The van der Waals surface area contributed by atoms with Crippen LogP contribution in [0, 0.1) is 0 Å². The molecule has 3 amide bonds. The molecule has 2 saturated heterocycles. The summed E-state index contributed by atoms with van der Waals surface area (Å²) in [6, 6.07) is 12.3. The molecular weight excluding hydrogens is 414 g/mol. The van der Waals surface area contributed by atoms with Gasteiger partial charge in [0.2, 0.25) is 0 Å². The van der Waals surface area contributed by atoms with E-state index in [1.165, 1.54) is 37.0 Å². The monoisotopic (exact) mass is 447 g/mol. The third kappa shape index (κ3) is 4.22. The minimum absolute atomic E-state index is 0.203. The molecule has 3 heterocycles. The molecule has 0 unspecified atom stereocenters. The minimum Gasteiger partial charge on any atom is -0.380 e. The second-order valence-corrected chi connectivity index (χ2v) is 10.1. The van der Waals surface area contributed by atoms with Crippen molar-refractivity contribution in [1.29, 1.82) is 0 Å². The molecule has 2 aromatic rings. The Bertz CT molecular complexity index is 1010. The zero-order chi connectivity index (χ0) is 23.0. The molecule has 0 radical (unpaired) electrons.